The van der Waals surface area contributed by atoms with Crippen LogP contribution in [-0.2, 0) is 9.53 Å². The van der Waals surface area contributed by atoms with Gasteiger partial charge in [0.1, 0.15) is 24.5 Å². The maximum atomic E-state index is 10.7. The summed E-state index contributed by atoms with van der Waals surface area (Å²) in [5, 5.41) is 27.5. The molecule has 0 aliphatic carbocycles. The molecule has 1 heterocycles. The number of nitrogens with two attached hydrogens (primary N) is 2. The van der Waals surface area contributed by atoms with Crippen molar-refractivity contribution in [2.24, 2.45) is 11.5 Å². The molecule has 7 N–H and O–H groups in total. The molecular weight excluding hydrogens is 180 g/mol. The Hall–Kier alpha value is -0.730. The van der Waals surface area contributed by atoms with Crippen molar-refractivity contribution in [1.82, 2.24) is 0 Å². The fourth-order valence-corrected chi connectivity index (χ4v) is 1.14. The Balaban J connectivity index is 2.76. The lowest BCUT2D eigenvalue weighted by Crippen LogP contribution is -2.63. The normalized spacial score (nSPS) is 46.0. The first-order valence-corrected chi connectivity index (χ1v) is 3.69. The number of ether oxygens (including phenoxy) is 1. The molecule has 0 saturated carbocycles. The van der Waals surface area contributed by atoms with Crippen molar-refractivity contribution in [2.45, 2.75) is 30.6 Å². The lowest BCUT2D eigenvalue weighted by Gasteiger charge is -2.37. The van der Waals surface area contributed by atoms with Gasteiger partial charge in [-0.05, 0) is 0 Å². The number of primary amides is 1. The number of rotatable bonds is 1. The summed E-state index contributed by atoms with van der Waals surface area (Å²) in [4.78, 5) is 10.7. The van der Waals surface area contributed by atoms with Crippen LogP contribution in [0.5, 0.6) is 0 Å². The second-order valence-corrected chi connectivity index (χ2v) is 2.90. The van der Waals surface area contributed by atoms with Gasteiger partial charge in [0.2, 0.25) is 5.91 Å². The van der Waals surface area contributed by atoms with Gasteiger partial charge in [0.25, 0.3) is 0 Å². The van der Waals surface area contributed by atoms with Crippen molar-refractivity contribution in [1.29, 1.82) is 0 Å². The van der Waals surface area contributed by atoms with E-state index in [4.69, 9.17) is 21.7 Å². The van der Waals surface area contributed by atoms with Crippen molar-refractivity contribution in [3.05, 3.63) is 0 Å². The molecule has 1 rings (SSSR count). The largest absolute Gasteiger partial charge is 0.387 e. The fraction of sp³-hybridized carbons (Fsp3) is 0.833. The van der Waals surface area contributed by atoms with Crippen LogP contribution in [0.25, 0.3) is 0 Å². The molecule has 7 nitrogen and oxygen atoms in total. The van der Waals surface area contributed by atoms with Crippen LogP contribution >= 0.6 is 0 Å². The monoisotopic (exact) mass is 192 g/mol. The third-order valence-electron chi connectivity index (χ3n) is 1.93. The minimum absolute atomic E-state index is 0.936. The van der Waals surface area contributed by atoms with E-state index in [2.05, 4.69) is 4.74 Å². The lowest BCUT2D eigenvalue weighted by molar-refractivity contribution is -0.217. The van der Waals surface area contributed by atoms with E-state index in [1.54, 1.807) is 0 Å². The highest BCUT2D eigenvalue weighted by molar-refractivity contribution is 5.79. The van der Waals surface area contributed by atoms with Gasteiger partial charge in [-0.2, -0.15) is 0 Å². The molecular formula is C6H12N2O5. The molecule has 5 atom stereocenters. The second-order valence-electron chi connectivity index (χ2n) is 2.90. The van der Waals surface area contributed by atoms with Gasteiger partial charge in [-0.15, -0.1) is 0 Å². The summed E-state index contributed by atoms with van der Waals surface area (Å²) in [5.74, 6) is -0.936. The number of aliphatic hydroxyl groups excluding tert-OH is 3. The summed E-state index contributed by atoms with van der Waals surface area (Å²) in [6.07, 6.45) is -7.11. The highest BCUT2D eigenvalue weighted by Crippen LogP contribution is 2.17. The van der Waals surface area contributed by atoms with Crippen LogP contribution < -0.4 is 11.5 Å². The zero-order chi connectivity index (χ0) is 10.2. The molecule has 5 unspecified atom stereocenters. The molecule has 0 radical (unpaired) electrons. The van der Waals surface area contributed by atoms with E-state index in [0.29, 0.717) is 0 Å². The molecule has 1 fully saturated rings. The van der Waals surface area contributed by atoms with E-state index < -0.39 is 36.6 Å². The van der Waals surface area contributed by atoms with E-state index in [9.17, 15) is 9.90 Å². The van der Waals surface area contributed by atoms with Crippen LogP contribution in [-0.4, -0.2) is 51.9 Å². The number of carbonyl (C=O) groups is 1. The summed E-state index contributed by atoms with van der Waals surface area (Å²) in [6, 6.07) is 0. The molecule has 7 heteroatoms. The van der Waals surface area contributed by atoms with Crippen molar-refractivity contribution >= 4 is 5.91 Å². The molecule has 13 heavy (non-hydrogen) atoms. The number of amides is 1. The van der Waals surface area contributed by atoms with E-state index in [1.807, 2.05) is 0 Å². The van der Waals surface area contributed by atoms with Crippen molar-refractivity contribution in [2.75, 3.05) is 0 Å². The topological polar surface area (TPSA) is 139 Å². The number of carbonyl (C=O) groups excluding carboxylic acids is 1. The van der Waals surface area contributed by atoms with Gasteiger partial charge in [-0.1, -0.05) is 0 Å². The Morgan fingerprint density at radius 2 is 1.69 bits per heavy atom. The average molecular weight is 192 g/mol. The Kier molecular flexibility index (Phi) is 2.84. The maximum Gasteiger partial charge on any atom is 0.249 e. The molecule has 1 aliphatic heterocycles. The number of hydrogen-bond donors (Lipinski definition) is 5. The first kappa shape index (κ1) is 10.4. The van der Waals surface area contributed by atoms with Crippen LogP contribution in [0.2, 0.25) is 0 Å². The van der Waals surface area contributed by atoms with Gasteiger partial charge in [0, 0.05) is 0 Å². The minimum Gasteiger partial charge on any atom is -0.387 e. The minimum atomic E-state index is -1.55. The zero-order valence-corrected chi connectivity index (χ0v) is 6.70. The summed E-state index contributed by atoms with van der Waals surface area (Å²) in [6.45, 7) is 0. The highest BCUT2D eigenvalue weighted by atomic mass is 16.5. The third-order valence-corrected chi connectivity index (χ3v) is 1.93. The van der Waals surface area contributed by atoms with E-state index in [-0.39, 0.29) is 0 Å². The average Bonchev–Trinajstić information content (AvgIpc) is 2.07. The van der Waals surface area contributed by atoms with Crippen molar-refractivity contribution in [3.8, 4) is 0 Å². The number of aliphatic hydroxyl groups is 3. The Morgan fingerprint density at radius 1 is 1.15 bits per heavy atom. The van der Waals surface area contributed by atoms with Crippen LogP contribution in [0.3, 0.4) is 0 Å². The first-order valence-electron chi connectivity index (χ1n) is 3.69. The molecule has 76 valence electrons. The smallest absolute Gasteiger partial charge is 0.249 e. The second kappa shape index (κ2) is 3.56. The molecule has 0 aromatic heterocycles. The molecule has 1 amide bonds. The fourth-order valence-electron chi connectivity index (χ4n) is 1.14. The Bertz CT molecular complexity index is 211. The highest BCUT2D eigenvalue weighted by Gasteiger charge is 2.44. The molecule has 1 aliphatic rings. The molecule has 0 aromatic carbocycles. The maximum absolute atomic E-state index is 10.7. The van der Waals surface area contributed by atoms with Crippen molar-refractivity contribution < 1.29 is 24.9 Å². The van der Waals surface area contributed by atoms with E-state index in [0.717, 1.165) is 0 Å². The SMILES string of the molecule is NC(=O)C1OC(N)C(O)C(O)C1O. The van der Waals surface area contributed by atoms with Gasteiger partial charge < -0.3 is 31.5 Å². The lowest BCUT2D eigenvalue weighted by atomic mass is 9.98. The van der Waals surface area contributed by atoms with Crippen LogP contribution in [0.15, 0.2) is 0 Å². The van der Waals surface area contributed by atoms with Gasteiger partial charge in [0.15, 0.2) is 6.10 Å². The van der Waals surface area contributed by atoms with Crippen LogP contribution in [0.1, 0.15) is 0 Å². The van der Waals surface area contributed by atoms with Gasteiger partial charge >= 0.3 is 0 Å². The summed E-state index contributed by atoms with van der Waals surface area (Å²) >= 11 is 0. The molecule has 1 saturated heterocycles. The van der Waals surface area contributed by atoms with E-state index >= 15 is 0 Å². The van der Waals surface area contributed by atoms with Gasteiger partial charge in [-0.3, -0.25) is 4.79 Å². The first-order chi connectivity index (χ1) is 5.95. The molecule has 0 aromatic rings. The van der Waals surface area contributed by atoms with E-state index in [1.165, 1.54) is 0 Å². The van der Waals surface area contributed by atoms with Crippen molar-refractivity contribution in [3.63, 3.8) is 0 Å². The zero-order valence-electron chi connectivity index (χ0n) is 6.70. The standard InChI is InChI=1S/C6H12N2O5/c7-5(12)4-2(10)1(9)3(11)6(8)13-4/h1-4,6,9-11H,8H2,(H2,7,12). The number of hydrogen-bond acceptors (Lipinski definition) is 6. The summed E-state index contributed by atoms with van der Waals surface area (Å²) in [7, 11) is 0. The molecule has 0 spiro atoms. The van der Waals surface area contributed by atoms with Gasteiger partial charge in [-0.25, -0.2) is 0 Å². The third kappa shape index (κ3) is 1.79. The van der Waals surface area contributed by atoms with Gasteiger partial charge in [0.05, 0.1) is 0 Å². The predicted molar refractivity (Wildman–Crippen MR) is 40.1 cm³/mol. The summed E-state index contributed by atoms with van der Waals surface area (Å²) < 4.78 is 4.69. The summed E-state index contributed by atoms with van der Waals surface area (Å²) in [5.41, 5.74) is 10.1. The van der Waals surface area contributed by atoms with Crippen LogP contribution in [0.4, 0.5) is 0 Å². The Morgan fingerprint density at radius 3 is 2.15 bits per heavy atom. The Labute approximate surface area is 73.9 Å². The van der Waals surface area contributed by atoms with Crippen LogP contribution in [0, 0.1) is 0 Å². The molecule has 0 bridgehead atoms. The predicted octanol–water partition coefficient (Wildman–Crippen LogP) is -3.76. The quantitative estimate of drug-likeness (QED) is 0.289.